The highest BCUT2D eigenvalue weighted by Gasteiger charge is 2.38. The summed E-state index contributed by atoms with van der Waals surface area (Å²) >= 11 is 5.60. The van der Waals surface area contributed by atoms with Crippen molar-refractivity contribution < 1.29 is 13.9 Å². The molecular weight excluding hydrogens is 237 g/mol. The van der Waals surface area contributed by atoms with Gasteiger partial charge < -0.3 is 4.74 Å². The molecule has 0 bridgehead atoms. The van der Waals surface area contributed by atoms with Gasteiger partial charge in [-0.25, -0.2) is 19.2 Å². The summed E-state index contributed by atoms with van der Waals surface area (Å²) < 4.78 is 18.0. The molecule has 5 nitrogen and oxygen atoms in total. The van der Waals surface area contributed by atoms with Crippen LogP contribution >= 0.6 is 11.6 Å². The number of rotatable bonds is 2. The zero-order valence-electron chi connectivity index (χ0n) is 8.43. The Labute approximate surface area is 96.2 Å². The molecule has 0 aromatic carbocycles. The largest absolute Gasteiger partial charge is 0.447 e. The van der Waals surface area contributed by atoms with Gasteiger partial charge in [-0.2, -0.15) is 0 Å². The smallest absolute Gasteiger partial charge is 0.416 e. The molecule has 7 heteroatoms. The first-order valence-electron chi connectivity index (χ1n) is 4.68. The van der Waals surface area contributed by atoms with Crippen molar-refractivity contribution in [3.63, 3.8) is 0 Å². The number of hydrogen-bond donors (Lipinski definition) is 0. The number of anilines is 1. The number of amides is 1. The van der Waals surface area contributed by atoms with Crippen LogP contribution in [0.4, 0.5) is 15.0 Å². The SMILES string of the molecule is C[C@H](F)[C@H]1COC(=O)N1c1ccnc(Cl)n1. The molecule has 86 valence electrons. The molecule has 0 N–H and O–H groups in total. The number of halogens is 2. The van der Waals surface area contributed by atoms with E-state index in [-0.39, 0.29) is 17.7 Å². The molecule has 1 aliphatic rings. The highest BCUT2D eigenvalue weighted by molar-refractivity contribution is 6.28. The van der Waals surface area contributed by atoms with E-state index in [4.69, 9.17) is 16.3 Å². The Balaban J connectivity index is 2.33. The standard InChI is InChI=1S/C9H9ClFN3O2/c1-5(11)6-4-16-9(15)14(6)7-2-3-12-8(10)13-7/h2-3,5-6H,4H2,1H3/t5-,6+/m0/s1. The molecule has 2 atom stereocenters. The summed E-state index contributed by atoms with van der Waals surface area (Å²) in [5.41, 5.74) is 0. The van der Waals surface area contributed by atoms with Gasteiger partial charge in [0.1, 0.15) is 24.6 Å². The molecule has 1 aromatic heterocycles. The van der Waals surface area contributed by atoms with Crippen molar-refractivity contribution in [1.29, 1.82) is 0 Å². The second-order valence-electron chi connectivity index (χ2n) is 3.38. The van der Waals surface area contributed by atoms with Crippen molar-refractivity contribution in [3.05, 3.63) is 17.5 Å². The summed E-state index contributed by atoms with van der Waals surface area (Å²) in [6.07, 6.45) is -0.430. The van der Waals surface area contributed by atoms with Gasteiger partial charge in [0, 0.05) is 6.20 Å². The van der Waals surface area contributed by atoms with Crippen LogP contribution in [0.25, 0.3) is 0 Å². The van der Waals surface area contributed by atoms with E-state index in [9.17, 15) is 9.18 Å². The fourth-order valence-electron chi connectivity index (χ4n) is 1.50. The van der Waals surface area contributed by atoms with E-state index in [2.05, 4.69) is 9.97 Å². The Morgan fingerprint density at radius 1 is 1.75 bits per heavy atom. The molecule has 0 aliphatic carbocycles. The average Bonchev–Trinajstić information content (AvgIpc) is 2.60. The average molecular weight is 246 g/mol. The molecule has 0 radical (unpaired) electrons. The van der Waals surface area contributed by atoms with Gasteiger partial charge in [0.2, 0.25) is 5.28 Å². The Bertz CT molecular complexity index is 415. The van der Waals surface area contributed by atoms with E-state index in [0.717, 1.165) is 4.90 Å². The van der Waals surface area contributed by atoms with Gasteiger partial charge in [0.25, 0.3) is 0 Å². The predicted octanol–water partition coefficient (Wildman–Crippen LogP) is 1.81. The summed E-state index contributed by atoms with van der Waals surface area (Å²) in [7, 11) is 0. The van der Waals surface area contributed by atoms with Crippen molar-refractivity contribution in [2.45, 2.75) is 19.1 Å². The summed E-state index contributed by atoms with van der Waals surface area (Å²) in [4.78, 5) is 20.1. The van der Waals surface area contributed by atoms with Crippen LogP contribution in [0.3, 0.4) is 0 Å². The van der Waals surface area contributed by atoms with Crippen LogP contribution in [0, 0.1) is 0 Å². The minimum atomic E-state index is -1.21. The van der Waals surface area contributed by atoms with Crippen molar-refractivity contribution in [2.75, 3.05) is 11.5 Å². The summed E-state index contributed by atoms with van der Waals surface area (Å²) in [5.74, 6) is 0.247. The lowest BCUT2D eigenvalue weighted by atomic mass is 10.2. The molecule has 16 heavy (non-hydrogen) atoms. The lowest BCUT2D eigenvalue weighted by Gasteiger charge is -2.20. The van der Waals surface area contributed by atoms with Gasteiger partial charge in [-0.15, -0.1) is 0 Å². The number of carbonyl (C=O) groups excluding carboxylic acids is 1. The van der Waals surface area contributed by atoms with E-state index in [0.29, 0.717) is 0 Å². The van der Waals surface area contributed by atoms with Crippen molar-refractivity contribution >= 4 is 23.5 Å². The molecule has 0 spiro atoms. The fourth-order valence-corrected chi connectivity index (χ4v) is 1.64. The van der Waals surface area contributed by atoms with Gasteiger partial charge in [0.15, 0.2) is 0 Å². The predicted molar refractivity (Wildman–Crippen MR) is 55.2 cm³/mol. The van der Waals surface area contributed by atoms with Gasteiger partial charge in [-0.05, 0) is 24.6 Å². The van der Waals surface area contributed by atoms with E-state index in [1.165, 1.54) is 19.2 Å². The van der Waals surface area contributed by atoms with Gasteiger partial charge in [0.05, 0.1) is 0 Å². The summed E-state index contributed by atoms with van der Waals surface area (Å²) in [6.45, 7) is 1.38. The second-order valence-corrected chi connectivity index (χ2v) is 3.71. The van der Waals surface area contributed by atoms with Crippen LogP contribution in [-0.4, -0.2) is 34.9 Å². The molecule has 0 saturated carbocycles. The van der Waals surface area contributed by atoms with Crippen LogP contribution in [0.2, 0.25) is 5.28 Å². The minimum Gasteiger partial charge on any atom is -0.447 e. The number of cyclic esters (lactones) is 1. The highest BCUT2D eigenvalue weighted by atomic mass is 35.5. The first kappa shape index (κ1) is 11.1. The first-order chi connectivity index (χ1) is 7.59. The molecule has 2 rings (SSSR count). The lowest BCUT2D eigenvalue weighted by Crippen LogP contribution is -2.39. The third-order valence-corrected chi connectivity index (χ3v) is 2.48. The van der Waals surface area contributed by atoms with Crippen LogP contribution in [-0.2, 0) is 4.74 Å². The van der Waals surface area contributed by atoms with Gasteiger partial charge in [-0.1, -0.05) is 0 Å². The topological polar surface area (TPSA) is 55.3 Å². The maximum absolute atomic E-state index is 13.3. The third-order valence-electron chi connectivity index (χ3n) is 2.29. The third kappa shape index (κ3) is 1.92. The quantitative estimate of drug-likeness (QED) is 0.746. The van der Waals surface area contributed by atoms with Gasteiger partial charge in [-0.3, -0.25) is 4.90 Å². The monoisotopic (exact) mass is 245 g/mol. The van der Waals surface area contributed by atoms with Crippen molar-refractivity contribution in [2.24, 2.45) is 0 Å². The normalized spacial score (nSPS) is 22.1. The summed E-state index contributed by atoms with van der Waals surface area (Å²) in [5, 5.41) is 0.00228. The van der Waals surface area contributed by atoms with Gasteiger partial charge >= 0.3 is 6.09 Å². The number of ether oxygens (including phenoxy) is 1. The Hall–Kier alpha value is -1.43. The summed E-state index contributed by atoms with van der Waals surface area (Å²) in [6, 6.07) is 0.812. The molecule has 1 aliphatic heterocycles. The van der Waals surface area contributed by atoms with E-state index in [1.807, 2.05) is 0 Å². The van der Waals surface area contributed by atoms with Crippen LogP contribution in [0.1, 0.15) is 6.92 Å². The zero-order valence-corrected chi connectivity index (χ0v) is 9.19. The molecule has 1 saturated heterocycles. The van der Waals surface area contributed by atoms with E-state index in [1.54, 1.807) is 0 Å². The molecule has 2 heterocycles. The number of nitrogens with zero attached hydrogens (tertiary/aromatic N) is 3. The highest BCUT2D eigenvalue weighted by Crippen LogP contribution is 2.24. The zero-order chi connectivity index (χ0) is 11.7. The number of alkyl halides is 1. The number of aromatic nitrogens is 2. The Morgan fingerprint density at radius 3 is 3.12 bits per heavy atom. The van der Waals surface area contributed by atoms with Crippen molar-refractivity contribution in [1.82, 2.24) is 9.97 Å². The fraction of sp³-hybridized carbons (Fsp3) is 0.444. The lowest BCUT2D eigenvalue weighted by molar-refractivity contribution is 0.174. The molecule has 1 fully saturated rings. The number of hydrogen-bond acceptors (Lipinski definition) is 4. The van der Waals surface area contributed by atoms with E-state index >= 15 is 0 Å². The minimum absolute atomic E-state index is 0.00228. The maximum Gasteiger partial charge on any atom is 0.416 e. The Kier molecular flexibility index (Phi) is 2.91. The van der Waals surface area contributed by atoms with Crippen LogP contribution in [0.5, 0.6) is 0 Å². The number of carbonyl (C=O) groups is 1. The maximum atomic E-state index is 13.3. The molecule has 1 aromatic rings. The van der Waals surface area contributed by atoms with Crippen molar-refractivity contribution in [3.8, 4) is 0 Å². The Morgan fingerprint density at radius 2 is 2.50 bits per heavy atom. The van der Waals surface area contributed by atoms with Crippen LogP contribution < -0.4 is 4.90 Å². The second kappa shape index (κ2) is 4.21. The van der Waals surface area contributed by atoms with E-state index < -0.39 is 18.3 Å². The first-order valence-corrected chi connectivity index (χ1v) is 5.06. The molecule has 0 unspecified atom stereocenters. The van der Waals surface area contributed by atoms with Crippen LogP contribution in [0.15, 0.2) is 12.3 Å². The molecule has 1 amide bonds. The molecular formula is C9H9ClFN3O2.